The number of carbonyl (C=O) groups is 2. The number of amides is 2. The molecule has 0 atom stereocenters. The van der Waals surface area contributed by atoms with Crippen molar-refractivity contribution in [3.05, 3.63) is 138 Å². The van der Waals surface area contributed by atoms with Gasteiger partial charge >= 0.3 is 5.69 Å². The van der Waals surface area contributed by atoms with E-state index in [9.17, 15) is 19.2 Å². The zero-order valence-corrected chi connectivity index (χ0v) is 24.2. The van der Waals surface area contributed by atoms with Crippen molar-refractivity contribution in [2.45, 2.75) is 20.0 Å². The Balaban J connectivity index is 1.56. The van der Waals surface area contributed by atoms with Gasteiger partial charge in [-0.15, -0.1) is 0 Å². The molecule has 0 unspecified atom stereocenters. The molecule has 10 heteroatoms. The Labute approximate surface area is 248 Å². The van der Waals surface area contributed by atoms with Gasteiger partial charge < -0.3 is 10.6 Å². The topological polar surface area (TPSA) is 102 Å². The summed E-state index contributed by atoms with van der Waals surface area (Å²) in [5.41, 5.74) is 1.75. The number of aryl methyl sites for hydroxylation is 1. The number of nitrogens with one attached hydrogen (secondary N) is 2. The van der Waals surface area contributed by atoms with Crippen molar-refractivity contribution in [1.29, 1.82) is 0 Å². The lowest BCUT2D eigenvalue weighted by Gasteiger charge is -2.15. The number of hydrogen-bond acceptors (Lipinski definition) is 4. The van der Waals surface area contributed by atoms with Gasteiger partial charge in [0, 0.05) is 27.3 Å². The van der Waals surface area contributed by atoms with Crippen molar-refractivity contribution < 1.29 is 9.59 Å². The van der Waals surface area contributed by atoms with Gasteiger partial charge in [0.15, 0.2) is 0 Å². The number of halogens is 2. The number of anilines is 1. The van der Waals surface area contributed by atoms with Crippen LogP contribution in [0.25, 0.3) is 16.6 Å². The summed E-state index contributed by atoms with van der Waals surface area (Å²) in [7, 11) is 0. The second kappa shape index (κ2) is 12.0. The van der Waals surface area contributed by atoms with Crippen molar-refractivity contribution in [3.63, 3.8) is 0 Å². The number of carbonyl (C=O) groups excluding carboxylic acids is 2. The number of fused-ring (bicyclic) bond motifs is 1. The Morgan fingerprint density at radius 3 is 2.32 bits per heavy atom. The summed E-state index contributed by atoms with van der Waals surface area (Å²) in [6.45, 7) is 1.70. The highest BCUT2D eigenvalue weighted by molar-refractivity contribution is 9.10. The fourth-order valence-electron chi connectivity index (χ4n) is 4.38. The zero-order chi connectivity index (χ0) is 29.1. The van der Waals surface area contributed by atoms with Crippen LogP contribution in [-0.4, -0.2) is 20.9 Å². The molecule has 0 bridgehead atoms. The molecule has 0 aliphatic carbocycles. The van der Waals surface area contributed by atoms with Crippen LogP contribution in [0.3, 0.4) is 0 Å². The van der Waals surface area contributed by atoms with E-state index in [1.807, 2.05) is 13.0 Å². The first-order valence-corrected chi connectivity index (χ1v) is 13.8. The average Bonchev–Trinajstić information content (AvgIpc) is 2.96. The standard InChI is InChI=1S/C31H24BrClN4O4/c1-19-6-13-24(14-7-19)37-30(40)25-15-8-20(29(39)34-17-21-4-2-3-5-26(21)33)16-27(25)36(31(37)41)18-28(38)35-23-11-9-22(32)10-12-23/h2-16H,17-18H2,1H3,(H,34,39)(H,35,38). The Hall–Kier alpha value is -4.47. The van der Waals surface area contributed by atoms with Gasteiger partial charge in [0.05, 0.1) is 16.6 Å². The molecule has 1 heterocycles. The Morgan fingerprint density at radius 2 is 1.61 bits per heavy atom. The van der Waals surface area contributed by atoms with E-state index in [0.29, 0.717) is 16.4 Å². The predicted octanol–water partition coefficient (Wildman–Crippen LogP) is 5.45. The van der Waals surface area contributed by atoms with Crippen LogP contribution in [0, 0.1) is 6.92 Å². The summed E-state index contributed by atoms with van der Waals surface area (Å²) in [4.78, 5) is 53.5. The van der Waals surface area contributed by atoms with Crippen LogP contribution in [0.15, 0.2) is 105 Å². The number of hydrogen-bond donors (Lipinski definition) is 2. The maximum absolute atomic E-state index is 13.8. The quantitative estimate of drug-likeness (QED) is 0.250. The van der Waals surface area contributed by atoms with Crippen molar-refractivity contribution >= 4 is 55.9 Å². The number of nitrogens with zero attached hydrogens (tertiary/aromatic N) is 2. The fraction of sp³-hybridized carbons (Fsp3) is 0.0968. The van der Waals surface area contributed by atoms with Crippen LogP contribution < -0.4 is 21.9 Å². The lowest BCUT2D eigenvalue weighted by molar-refractivity contribution is -0.116. The lowest BCUT2D eigenvalue weighted by Crippen LogP contribution is -2.41. The van der Waals surface area contributed by atoms with Gasteiger partial charge in [-0.05, 0) is 73.2 Å². The third-order valence-electron chi connectivity index (χ3n) is 6.53. The molecule has 5 aromatic rings. The van der Waals surface area contributed by atoms with Crippen LogP contribution in [0.5, 0.6) is 0 Å². The number of benzene rings is 4. The predicted molar refractivity (Wildman–Crippen MR) is 164 cm³/mol. The molecule has 8 nitrogen and oxygen atoms in total. The van der Waals surface area contributed by atoms with Gasteiger partial charge in [-0.2, -0.15) is 0 Å². The molecule has 0 aliphatic heterocycles. The highest BCUT2D eigenvalue weighted by Gasteiger charge is 2.19. The summed E-state index contributed by atoms with van der Waals surface area (Å²) in [6, 6.07) is 25.6. The molecule has 0 aliphatic rings. The van der Waals surface area contributed by atoms with Gasteiger partial charge in [-0.1, -0.05) is 63.4 Å². The van der Waals surface area contributed by atoms with Gasteiger partial charge in [-0.3, -0.25) is 19.0 Å². The summed E-state index contributed by atoms with van der Waals surface area (Å²) in [6.07, 6.45) is 0. The average molecular weight is 632 g/mol. The van der Waals surface area contributed by atoms with Crippen molar-refractivity contribution in [3.8, 4) is 5.69 Å². The molecule has 0 radical (unpaired) electrons. The highest BCUT2D eigenvalue weighted by atomic mass is 79.9. The highest BCUT2D eigenvalue weighted by Crippen LogP contribution is 2.18. The van der Waals surface area contributed by atoms with Crippen LogP contribution in [0.1, 0.15) is 21.5 Å². The monoisotopic (exact) mass is 630 g/mol. The zero-order valence-electron chi connectivity index (χ0n) is 21.9. The van der Waals surface area contributed by atoms with Gasteiger partial charge in [0.1, 0.15) is 6.54 Å². The van der Waals surface area contributed by atoms with Crippen LogP contribution >= 0.6 is 27.5 Å². The molecule has 5 rings (SSSR count). The molecule has 206 valence electrons. The summed E-state index contributed by atoms with van der Waals surface area (Å²) in [5.74, 6) is -0.897. The van der Waals surface area contributed by atoms with Crippen LogP contribution in [-0.2, 0) is 17.9 Å². The third kappa shape index (κ3) is 6.16. The SMILES string of the molecule is Cc1ccc(-n2c(=O)c3ccc(C(=O)NCc4ccccc4Cl)cc3n(CC(=O)Nc3ccc(Br)cc3)c2=O)cc1. The van der Waals surface area contributed by atoms with Crippen molar-refractivity contribution in [2.24, 2.45) is 0 Å². The van der Waals surface area contributed by atoms with E-state index in [-0.39, 0.29) is 29.6 Å². The summed E-state index contributed by atoms with van der Waals surface area (Å²) >= 11 is 9.57. The summed E-state index contributed by atoms with van der Waals surface area (Å²) < 4.78 is 3.09. The molecule has 0 fully saturated rings. The molecular weight excluding hydrogens is 608 g/mol. The number of aromatic nitrogens is 2. The van der Waals surface area contributed by atoms with Gasteiger partial charge in [0.25, 0.3) is 11.5 Å². The minimum absolute atomic E-state index is 0.166. The lowest BCUT2D eigenvalue weighted by atomic mass is 10.1. The summed E-state index contributed by atoms with van der Waals surface area (Å²) in [5, 5.41) is 6.29. The first-order valence-electron chi connectivity index (χ1n) is 12.6. The molecule has 2 N–H and O–H groups in total. The normalized spacial score (nSPS) is 10.9. The largest absolute Gasteiger partial charge is 0.348 e. The Bertz CT molecular complexity index is 1900. The minimum atomic E-state index is -0.703. The van der Waals surface area contributed by atoms with E-state index in [2.05, 4.69) is 26.6 Å². The number of rotatable bonds is 7. The van der Waals surface area contributed by atoms with Crippen molar-refractivity contribution in [2.75, 3.05) is 5.32 Å². The Morgan fingerprint density at radius 1 is 0.902 bits per heavy atom. The van der Waals surface area contributed by atoms with Crippen LogP contribution in [0.2, 0.25) is 5.02 Å². The molecule has 41 heavy (non-hydrogen) atoms. The maximum atomic E-state index is 13.8. The van der Waals surface area contributed by atoms with Crippen molar-refractivity contribution in [1.82, 2.24) is 14.5 Å². The molecule has 2 amide bonds. The molecule has 0 saturated heterocycles. The first kappa shape index (κ1) is 28.1. The van der Waals surface area contributed by atoms with Gasteiger partial charge in [-0.25, -0.2) is 9.36 Å². The maximum Gasteiger partial charge on any atom is 0.336 e. The van der Waals surface area contributed by atoms with E-state index in [0.717, 1.165) is 20.2 Å². The second-order valence-corrected chi connectivity index (χ2v) is 10.7. The molecular formula is C31H24BrClN4O4. The first-order chi connectivity index (χ1) is 19.7. The third-order valence-corrected chi connectivity index (χ3v) is 7.42. The van der Waals surface area contributed by atoms with E-state index in [1.54, 1.807) is 66.7 Å². The van der Waals surface area contributed by atoms with E-state index in [1.165, 1.54) is 22.8 Å². The molecule has 0 spiro atoms. The van der Waals surface area contributed by atoms with E-state index >= 15 is 0 Å². The molecule has 4 aromatic carbocycles. The van der Waals surface area contributed by atoms with E-state index in [4.69, 9.17) is 11.6 Å². The minimum Gasteiger partial charge on any atom is -0.348 e. The fourth-order valence-corrected chi connectivity index (χ4v) is 4.85. The second-order valence-electron chi connectivity index (χ2n) is 9.41. The smallest absolute Gasteiger partial charge is 0.336 e. The van der Waals surface area contributed by atoms with Gasteiger partial charge in [0.2, 0.25) is 5.91 Å². The molecule has 0 saturated carbocycles. The Kier molecular flexibility index (Phi) is 8.19. The van der Waals surface area contributed by atoms with E-state index < -0.39 is 23.1 Å². The van der Waals surface area contributed by atoms with Crippen LogP contribution in [0.4, 0.5) is 5.69 Å². The molecule has 1 aromatic heterocycles.